The third-order valence-electron chi connectivity index (χ3n) is 3.55. The van der Waals surface area contributed by atoms with Gasteiger partial charge < -0.3 is 15.0 Å². The summed E-state index contributed by atoms with van der Waals surface area (Å²) in [6, 6.07) is 5.76. The largest absolute Gasteiger partial charge is 0.495 e. The summed E-state index contributed by atoms with van der Waals surface area (Å²) in [6.45, 7) is 0. The van der Waals surface area contributed by atoms with E-state index >= 15 is 0 Å². The second-order valence-electron chi connectivity index (χ2n) is 4.90. The monoisotopic (exact) mass is 312 g/mol. The van der Waals surface area contributed by atoms with Gasteiger partial charge in [0.2, 0.25) is 0 Å². The van der Waals surface area contributed by atoms with Gasteiger partial charge in [-0.25, -0.2) is 9.97 Å². The van der Waals surface area contributed by atoms with Crippen molar-refractivity contribution in [2.24, 2.45) is 0 Å². The van der Waals surface area contributed by atoms with Crippen LogP contribution in [0.3, 0.4) is 0 Å². The summed E-state index contributed by atoms with van der Waals surface area (Å²) in [5.74, 6) is 1.38. The average molecular weight is 312 g/mol. The highest BCUT2D eigenvalue weighted by Gasteiger charge is 2.22. The van der Waals surface area contributed by atoms with Gasteiger partial charge in [-0.3, -0.25) is 4.79 Å². The zero-order valence-electron chi connectivity index (χ0n) is 11.7. The molecule has 0 unspecified atom stereocenters. The minimum Gasteiger partial charge on any atom is -0.495 e. The van der Waals surface area contributed by atoms with Crippen LogP contribution >= 0.6 is 11.8 Å². The number of H-pyrrole nitrogens is 1. The quantitative estimate of drug-likeness (QED) is 0.774. The van der Waals surface area contributed by atoms with E-state index in [1.165, 1.54) is 18.1 Å². The Balaban J connectivity index is 1.78. The summed E-state index contributed by atoms with van der Waals surface area (Å²) < 4.78 is 5.44. The lowest BCUT2D eigenvalue weighted by Crippen LogP contribution is -1.99. The number of nitrogens with zero attached hydrogens (tertiary/aromatic N) is 2. The molecule has 6 nitrogen and oxygen atoms in total. The van der Waals surface area contributed by atoms with Crippen LogP contribution in [0.15, 0.2) is 35.6 Å². The van der Waals surface area contributed by atoms with Gasteiger partial charge in [-0.2, -0.15) is 0 Å². The first kappa shape index (κ1) is 13.1. The molecule has 3 aromatic rings. The third kappa shape index (κ3) is 2.10. The fourth-order valence-corrected chi connectivity index (χ4v) is 3.43. The molecule has 2 N–H and O–H groups in total. The second-order valence-corrected chi connectivity index (χ2v) is 6.00. The van der Waals surface area contributed by atoms with Gasteiger partial charge in [0.1, 0.15) is 23.5 Å². The topological polar surface area (TPSA) is 79.9 Å². The molecule has 0 bridgehead atoms. The van der Waals surface area contributed by atoms with Gasteiger partial charge in [0.05, 0.1) is 18.2 Å². The van der Waals surface area contributed by atoms with E-state index in [0.29, 0.717) is 18.0 Å². The molecule has 1 aliphatic heterocycles. The maximum absolute atomic E-state index is 11.6. The van der Waals surface area contributed by atoms with E-state index in [9.17, 15) is 4.79 Å². The zero-order chi connectivity index (χ0) is 15.1. The number of rotatable bonds is 3. The molecule has 1 aromatic carbocycles. The van der Waals surface area contributed by atoms with Gasteiger partial charge >= 0.3 is 0 Å². The fraction of sp³-hybridized carbons (Fsp3) is 0.133. The molecule has 110 valence electrons. The van der Waals surface area contributed by atoms with Crippen molar-refractivity contribution in [1.29, 1.82) is 0 Å². The Bertz CT molecular complexity index is 890. The van der Waals surface area contributed by atoms with Gasteiger partial charge in [-0.1, -0.05) is 11.8 Å². The maximum Gasteiger partial charge on any atom is 0.198 e. The van der Waals surface area contributed by atoms with Crippen LogP contribution in [0.25, 0.3) is 11.0 Å². The van der Waals surface area contributed by atoms with Crippen LogP contribution in [0.4, 0.5) is 11.5 Å². The predicted octanol–water partition coefficient (Wildman–Crippen LogP) is 2.88. The van der Waals surface area contributed by atoms with E-state index in [4.69, 9.17) is 4.74 Å². The summed E-state index contributed by atoms with van der Waals surface area (Å²) in [6.07, 6.45) is 3.77. The lowest BCUT2D eigenvalue weighted by Gasteiger charge is -2.13. The van der Waals surface area contributed by atoms with Crippen molar-refractivity contribution in [3.05, 3.63) is 36.3 Å². The van der Waals surface area contributed by atoms with Crippen LogP contribution in [-0.2, 0) is 11.2 Å². The highest BCUT2D eigenvalue weighted by atomic mass is 32.2. The molecule has 0 radical (unpaired) electrons. The molecule has 2 aromatic heterocycles. The number of methoxy groups -OCH3 is 1. The highest BCUT2D eigenvalue weighted by Crippen LogP contribution is 2.40. The van der Waals surface area contributed by atoms with Crippen LogP contribution in [0.2, 0.25) is 0 Å². The van der Waals surface area contributed by atoms with Crippen molar-refractivity contribution in [2.45, 2.75) is 11.3 Å². The van der Waals surface area contributed by atoms with Gasteiger partial charge in [-0.05, 0) is 23.8 Å². The molecule has 7 heteroatoms. The Kier molecular flexibility index (Phi) is 3.00. The number of hydrogen-bond acceptors (Lipinski definition) is 6. The zero-order valence-corrected chi connectivity index (χ0v) is 12.5. The molecule has 1 aliphatic rings. The van der Waals surface area contributed by atoms with E-state index in [1.807, 2.05) is 24.4 Å². The number of nitrogens with one attached hydrogen (secondary N) is 2. The molecule has 0 fully saturated rings. The van der Waals surface area contributed by atoms with Gasteiger partial charge in [0, 0.05) is 17.5 Å². The summed E-state index contributed by atoms with van der Waals surface area (Å²) >= 11 is 1.27. The summed E-state index contributed by atoms with van der Waals surface area (Å²) in [7, 11) is 1.61. The normalized spacial score (nSPS) is 13.4. The molecule has 4 rings (SSSR count). The number of anilines is 2. The first-order chi connectivity index (χ1) is 10.7. The van der Waals surface area contributed by atoms with Gasteiger partial charge in [0.15, 0.2) is 5.12 Å². The van der Waals surface area contributed by atoms with Crippen LogP contribution in [0.1, 0.15) is 5.56 Å². The first-order valence-corrected chi connectivity index (χ1v) is 7.53. The number of thioether (sulfide) groups is 1. The lowest BCUT2D eigenvalue weighted by molar-refractivity contribution is -0.110. The highest BCUT2D eigenvalue weighted by molar-refractivity contribution is 8.14. The Morgan fingerprint density at radius 3 is 3.14 bits per heavy atom. The van der Waals surface area contributed by atoms with Crippen molar-refractivity contribution in [3.8, 4) is 5.75 Å². The molecule has 0 saturated heterocycles. The van der Waals surface area contributed by atoms with E-state index < -0.39 is 0 Å². The lowest BCUT2D eigenvalue weighted by atomic mass is 10.1. The van der Waals surface area contributed by atoms with Crippen LogP contribution in [0.5, 0.6) is 5.75 Å². The van der Waals surface area contributed by atoms with Crippen molar-refractivity contribution >= 4 is 39.4 Å². The number of ether oxygens (including phenoxy) is 1. The average Bonchev–Trinajstić information content (AvgIpc) is 3.12. The molecule has 0 saturated carbocycles. The molecule has 0 spiro atoms. The first-order valence-electron chi connectivity index (χ1n) is 6.71. The number of aromatic amines is 1. The van der Waals surface area contributed by atoms with E-state index in [2.05, 4.69) is 20.3 Å². The van der Waals surface area contributed by atoms with Crippen molar-refractivity contribution in [2.75, 3.05) is 12.4 Å². The van der Waals surface area contributed by atoms with Crippen molar-refractivity contribution < 1.29 is 9.53 Å². The number of benzene rings is 1. The van der Waals surface area contributed by atoms with Crippen molar-refractivity contribution in [1.82, 2.24) is 15.0 Å². The minimum absolute atomic E-state index is 0.157. The molecule has 0 aliphatic carbocycles. The summed E-state index contributed by atoms with van der Waals surface area (Å²) in [5, 5.41) is 4.33. The van der Waals surface area contributed by atoms with Crippen molar-refractivity contribution in [3.63, 3.8) is 0 Å². The summed E-state index contributed by atoms with van der Waals surface area (Å²) in [5.41, 5.74) is 2.55. The van der Waals surface area contributed by atoms with E-state index in [0.717, 1.165) is 27.2 Å². The van der Waals surface area contributed by atoms with E-state index in [-0.39, 0.29) is 5.12 Å². The van der Waals surface area contributed by atoms with Gasteiger partial charge in [0.25, 0.3) is 0 Å². The van der Waals surface area contributed by atoms with Crippen LogP contribution < -0.4 is 10.1 Å². The fourth-order valence-electron chi connectivity index (χ4n) is 2.52. The second kappa shape index (κ2) is 5.03. The maximum atomic E-state index is 11.6. The number of hydrogen-bond donors (Lipinski definition) is 2. The molecule has 0 atom stereocenters. The smallest absolute Gasteiger partial charge is 0.198 e. The Morgan fingerprint density at radius 2 is 2.27 bits per heavy atom. The predicted molar refractivity (Wildman–Crippen MR) is 84.7 cm³/mol. The molecular weight excluding hydrogens is 300 g/mol. The number of fused-ring (bicyclic) bond motifs is 2. The Labute approximate surface area is 130 Å². The third-order valence-corrected chi connectivity index (χ3v) is 4.52. The number of carbonyl (C=O) groups is 1. The minimum atomic E-state index is 0.157. The number of aromatic nitrogens is 3. The summed E-state index contributed by atoms with van der Waals surface area (Å²) in [4.78, 5) is 24.1. The molecule has 3 heterocycles. The van der Waals surface area contributed by atoms with Gasteiger partial charge in [-0.15, -0.1) is 0 Å². The Hall–Kier alpha value is -2.54. The Morgan fingerprint density at radius 1 is 1.36 bits per heavy atom. The molecule has 22 heavy (non-hydrogen) atoms. The molecule has 0 amide bonds. The van der Waals surface area contributed by atoms with Crippen LogP contribution in [-0.4, -0.2) is 27.2 Å². The van der Waals surface area contributed by atoms with E-state index in [1.54, 1.807) is 7.11 Å². The standard InChI is InChI=1S/C15H12N4O2S/c1-21-11-4-8-5-13(20)22-12(8)6-10(11)19-15-9-2-3-16-14(9)17-7-18-15/h2-4,6-7H,5H2,1H3,(H2,16,17,18,19). The SMILES string of the molecule is COc1cc2c(cc1Nc1ncnc3[nH]ccc13)SC(=O)C2. The molecular formula is C15H12N4O2S. The van der Waals surface area contributed by atoms with Crippen LogP contribution in [0, 0.1) is 0 Å². The number of carbonyl (C=O) groups excluding carboxylic acids is 1.